The molecular weight excluding hydrogens is 394 g/mol. The van der Waals surface area contributed by atoms with Crippen molar-refractivity contribution in [2.24, 2.45) is 4.99 Å². The second kappa shape index (κ2) is 9.88. The summed E-state index contributed by atoms with van der Waals surface area (Å²) in [4.78, 5) is 6.84. The predicted octanol–water partition coefficient (Wildman–Crippen LogP) is 0.752. The van der Waals surface area contributed by atoms with Crippen molar-refractivity contribution in [3.63, 3.8) is 0 Å². The quantitative estimate of drug-likeness (QED) is 0.365. The van der Waals surface area contributed by atoms with Crippen LogP contribution in [0.2, 0.25) is 0 Å². The van der Waals surface area contributed by atoms with E-state index in [1.165, 1.54) is 16.1 Å². The number of hydrogen-bond acceptors (Lipinski definition) is 6. The smallest absolute Gasteiger partial charge is 0.220 e. The van der Waals surface area contributed by atoms with Crippen molar-refractivity contribution < 1.29 is 12.9 Å². The van der Waals surface area contributed by atoms with Gasteiger partial charge in [0, 0.05) is 51.0 Å². The molecule has 3 heterocycles. The first-order chi connectivity index (χ1) is 14.0. The van der Waals surface area contributed by atoms with Crippen LogP contribution in [0.4, 0.5) is 0 Å². The average Bonchev–Trinajstić information content (AvgIpc) is 3.36. The van der Waals surface area contributed by atoms with Gasteiger partial charge in [-0.2, -0.15) is 9.40 Å². The van der Waals surface area contributed by atoms with Gasteiger partial charge in [-0.1, -0.05) is 5.16 Å². The number of sulfonamides is 1. The Balaban J connectivity index is 1.51. The number of aliphatic imine (C=N–C) groups is 1. The molecule has 1 fully saturated rings. The van der Waals surface area contributed by atoms with Gasteiger partial charge in [-0.15, -0.1) is 0 Å². The summed E-state index contributed by atoms with van der Waals surface area (Å²) in [5, 5.41) is 14.0. The first kappa shape index (κ1) is 21.3. The van der Waals surface area contributed by atoms with E-state index in [0.717, 1.165) is 31.0 Å². The second-order valence-electron chi connectivity index (χ2n) is 6.99. The van der Waals surface area contributed by atoms with Gasteiger partial charge in [0.15, 0.2) is 5.96 Å². The van der Waals surface area contributed by atoms with E-state index in [2.05, 4.69) is 25.6 Å². The topological polar surface area (TPSA) is 120 Å². The van der Waals surface area contributed by atoms with Gasteiger partial charge in [0.2, 0.25) is 10.0 Å². The number of hydrogen-bond donors (Lipinski definition) is 2. The Morgan fingerprint density at radius 3 is 2.76 bits per heavy atom. The Labute approximate surface area is 171 Å². The Bertz CT molecular complexity index is 884. The lowest BCUT2D eigenvalue weighted by Gasteiger charge is -2.35. The van der Waals surface area contributed by atoms with Crippen LogP contribution in [0.3, 0.4) is 0 Å². The van der Waals surface area contributed by atoms with Crippen molar-refractivity contribution in [2.75, 3.05) is 39.3 Å². The van der Waals surface area contributed by atoms with Crippen molar-refractivity contribution in [3.8, 4) is 0 Å². The summed E-state index contributed by atoms with van der Waals surface area (Å²) in [5.74, 6) is 0.704. The van der Waals surface area contributed by atoms with Gasteiger partial charge in [-0.05, 0) is 32.3 Å². The first-order valence-corrected chi connectivity index (χ1v) is 11.5. The Morgan fingerprint density at radius 2 is 2.14 bits per heavy atom. The minimum atomic E-state index is -3.40. The molecule has 2 aromatic rings. The number of piperazine rings is 1. The summed E-state index contributed by atoms with van der Waals surface area (Å²) in [6, 6.07) is 1.58. The molecule has 0 bridgehead atoms. The van der Waals surface area contributed by atoms with Crippen LogP contribution in [0, 0.1) is 6.92 Å². The zero-order valence-corrected chi connectivity index (χ0v) is 17.8. The molecule has 0 spiro atoms. The van der Waals surface area contributed by atoms with Crippen LogP contribution in [0.5, 0.6) is 0 Å². The Morgan fingerprint density at radius 1 is 1.34 bits per heavy atom. The normalized spacial score (nSPS) is 16.3. The molecule has 0 saturated carbocycles. The number of nitrogens with one attached hydrogen (secondary N) is 2. The van der Waals surface area contributed by atoms with E-state index in [9.17, 15) is 8.42 Å². The third-order valence-corrected chi connectivity index (χ3v) is 6.70. The van der Waals surface area contributed by atoms with E-state index in [-0.39, 0.29) is 5.75 Å². The zero-order valence-electron chi connectivity index (χ0n) is 17.0. The number of aromatic nitrogens is 3. The highest BCUT2D eigenvalue weighted by Gasteiger charge is 2.28. The fourth-order valence-corrected chi connectivity index (χ4v) is 4.70. The monoisotopic (exact) mass is 423 g/mol. The van der Waals surface area contributed by atoms with E-state index in [1.54, 1.807) is 6.07 Å². The lowest BCUT2D eigenvalue weighted by Crippen LogP contribution is -2.53. The van der Waals surface area contributed by atoms with Crippen LogP contribution in [0.1, 0.15) is 30.3 Å². The number of guanidine groups is 1. The van der Waals surface area contributed by atoms with Gasteiger partial charge >= 0.3 is 0 Å². The molecule has 0 amide bonds. The fourth-order valence-electron chi connectivity index (χ4n) is 3.28. The molecule has 10 nitrogen and oxygen atoms in total. The lowest BCUT2D eigenvalue weighted by molar-refractivity contribution is 0.260. The molecule has 0 aliphatic carbocycles. The third-order valence-electron chi connectivity index (χ3n) is 4.89. The fraction of sp³-hybridized carbons (Fsp3) is 0.611. The molecule has 160 valence electrons. The second-order valence-corrected chi connectivity index (χ2v) is 8.96. The van der Waals surface area contributed by atoms with E-state index in [0.29, 0.717) is 38.4 Å². The number of rotatable bonds is 8. The third kappa shape index (κ3) is 5.80. The highest BCUT2D eigenvalue weighted by atomic mass is 32.2. The first-order valence-electron chi connectivity index (χ1n) is 9.89. The largest absolute Gasteiger partial charge is 0.364 e. The van der Waals surface area contributed by atoms with Crippen LogP contribution in [0.15, 0.2) is 28.0 Å². The van der Waals surface area contributed by atoms with Gasteiger partial charge in [0.05, 0.1) is 11.9 Å². The maximum Gasteiger partial charge on any atom is 0.220 e. The molecule has 0 atom stereocenters. The minimum absolute atomic E-state index is 0.134. The van der Waals surface area contributed by atoms with Crippen molar-refractivity contribution in [3.05, 3.63) is 35.5 Å². The van der Waals surface area contributed by atoms with Crippen LogP contribution < -0.4 is 5.32 Å². The number of H-pyrrole nitrogens is 1. The summed E-state index contributed by atoms with van der Waals surface area (Å²) in [6.45, 7) is 7.59. The molecule has 2 aromatic heterocycles. The Hall–Kier alpha value is -2.40. The molecule has 2 N–H and O–H groups in total. The van der Waals surface area contributed by atoms with Gasteiger partial charge in [-0.25, -0.2) is 8.42 Å². The average molecular weight is 424 g/mol. The molecule has 0 unspecified atom stereocenters. The standard InChI is InChI=1S/C18H29N7O3S/c1-3-19-18(20-7-4-5-16-13-21-22-15(16)2)24-8-10-25(11-9-24)29(26,27)14-17-6-12-28-23-17/h6,12-13H,3-5,7-11,14H2,1-2H3,(H,19,20)(H,21,22). The zero-order chi connectivity index (χ0) is 20.7. The van der Waals surface area contributed by atoms with E-state index in [4.69, 9.17) is 9.52 Å². The van der Waals surface area contributed by atoms with Crippen molar-refractivity contribution in [2.45, 2.75) is 32.4 Å². The summed E-state index contributed by atoms with van der Waals surface area (Å²) in [7, 11) is -3.40. The van der Waals surface area contributed by atoms with E-state index < -0.39 is 10.0 Å². The van der Waals surface area contributed by atoms with Gasteiger partial charge < -0.3 is 14.7 Å². The van der Waals surface area contributed by atoms with Crippen LogP contribution >= 0.6 is 0 Å². The number of aryl methyl sites for hydroxylation is 2. The molecule has 1 aliphatic rings. The van der Waals surface area contributed by atoms with Crippen molar-refractivity contribution >= 4 is 16.0 Å². The van der Waals surface area contributed by atoms with Gasteiger partial charge in [-0.3, -0.25) is 10.1 Å². The molecule has 1 aliphatic heterocycles. The SMILES string of the molecule is CCNC(=NCCCc1cn[nH]c1C)N1CCN(S(=O)(=O)Cc2ccon2)CC1. The highest BCUT2D eigenvalue weighted by molar-refractivity contribution is 7.88. The summed E-state index contributed by atoms with van der Waals surface area (Å²) in [5.41, 5.74) is 2.75. The van der Waals surface area contributed by atoms with Crippen molar-refractivity contribution in [1.29, 1.82) is 0 Å². The lowest BCUT2D eigenvalue weighted by atomic mass is 10.1. The van der Waals surface area contributed by atoms with Crippen molar-refractivity contribution in [1.82, 2.24) is 29.9 Å². The van der Waals surface area contributed by atoms with Crippen LogP contribution in [-0.4, -0.2) is 78.2 Å². The van der Waals surface area contributed by atoms with E-state index >= 15 is 0 Å². The summed E-state index contributed by atoms with van der Waals surface area (Å²) in [6.07, 6.45) is 5.11. The molecule has 1 saturated heterocycles. The molecule has 3 rings (SSSR count). The van der Waals surface area contributed by atoms with Crippen LogP contribution in [0.25, 0.3) is 0 Å². The van der Waals surface area contributed by atoms with Crippen LogP contribution in [-0.2, 0) is 22.2 Å². The van der Waals surface area contributed by atoms with E-state index in [1.807, 2.05) is 20.0 Å². The number of nitrogens with zero attached hydrogens (tertiary/aromatic N) is 5. The summed E-state index contributed by atoms with van der Waals surface area (Å²) < 4.78 is 31.4. The highest BCUT2D eigenvalue weighted by Crippen LogP contribution is 2.13. The number of aromatic amines is 1. The predicted molar refractivity (Wildman–Crippen MR) is 110 cm³/mol. The van der Waals surface area contributed by atoms with Gasteiger partial charge in [0.1, 0.15) is 12.0 Å². The Kier molecular flexibility index (Phi) is 7.26. The molecule has 11 heteroatoms. The maximum atomic E-state index is 12.6. The maximum absolute atomic E-state index is 12.6. The molecular formula is C18H29N7O3S. The molecule has 29 heavy (non-hydrogen) atoms. The molecule has 0 radical (unpaired) electrons. The summed E-state index contributed by atoms with van der Waals surface area (Å²) >= 11 is 0. The minimum Gasteiger partial charge on any atom is -0.364 e. The van der Waals surface area contributed by atoms with Gasteiger partial charge in [0.25, 0.3) is 0 Å². The molecule has 0 aromatic carbocycles.